The van der Waals surface area contributed by atoms with Crippen LogP contribution in [-0.4, -0.2) is 74.8 Å². The Balaban J connectivity index is 1.90. The zero-order valence-corrected chi connectivity index (χ0v) is 13.9. The van der Waals surface area contributed by atoms with Gasteiger partial charge in [-0.1, -0.05) is 0 Å². The summed E-state index contributed by atoms with van der Waals surface area (Å²) in [5, 5.41) is 50.7. The number of carbonyl (C=O) groups is 2. The van der Waals surface area contributed by atoms with Crippen LogP contribution >= 0.6 is 0 Å². The van der Waals surface area contributed by atoms with Crippen molar-refractivity contribution in [2.24, 2.45) is 0 Å². The second kappa shape index (κ2) is 6.89. The molecular weight excluding hydrogens is 348 g/mol. The van der Waals surface area contributed by atoms with Crippen molar-refractivity contribution in [1.82, 2.24) is 4.90 Å². The lowest BCUT2D eigenvalue weighted by atomic mass is 9.97. The molecule has 142 valence electrons. The van der Waals surface area contributed by atoms with Crippen molar-refractivity contribution >= 4 is 11.9 Å². The van der Waals surface area contributed by atoms with Crippen LogP contribution in [0.25, 0.3) is 0 Å². The van der Waals surface area contributed by atoms with Crippen molar-refractivity contribution in [3.05, 3.63) is 30.1 Å². The third-order valence-electron chi connectivity index (χ3n) is 4.89. The molecule has 26 heavy (non-hydrogen) atoms. The van der Waals surface area contributed by atoms with Gasteiger partial charge in [-0.05, 0) is 6.07 Å². The standard InChI is InChI=1S/C16H20N2O8/c1-17-8(5-9(19)14(17)23)7-3-2-4-18(6-7)15-12(22)10(20)11(21)13(26-15)16(24)25/h2-4,6,8-13,15,19-22H,5H2,1H3/t8?,9-,10+,11-,12?,13?,15+/m0/s1. The highest BCUT2D eigenvalue weighted by atomic mass is 16.6. The van der Waals surface area contributed by atoms with E-state index < -0.39 is 54.7 Å². The van der Waals surface area contributed by atoms with Crippen LogP contribution in [-0.2, 0) is 14.3 Å². The van der Waals surface area contributed by atoms with Crippen LogP contribution in [0, 0.1) is 0 Å². The molecule has 3 heterocycles. The Labute approximate surface area is 148 Å². The smallest absolute Gasteiger partial charge is 0.292 e. The van der Waals surface area contributed by atoms with Gasteiger partial charge in [-0.25, -0.2) is 0 Å². The van der Waals surface area contributed by atoms with Gasteiger partial charge in [0.15, 0.2) is 18.5 Å². The van der Waals surface area contributed by atoms with Crippen LogP contribution in [0.2, 0.25) is 0 Å². The molecule has 2 aliphatic heterocycles. The Morgan fingerprint density at radius 1 is 1.27 bits per heavy atom. The molecule has 0 radical (unpaired) electrons. The highest BCUT2D eigenvalue weighted by Crippen LogP contribution is 2.31. The van der Waals surface area contributed by atoms with Gasteiger partial charge in [0.25, 0.3) is 12.1 Å². The second-order valence-corrected chi connectivity index (χ2v) is 6.54. The molecule has 0 saturated carbocycles. The van der Waals surface area contributed by atoms with Gasteiger partial charge in [0, 0.05) is 25.1 Å². The molecule has 1 amide bonds. The van der Waals surface area contributed by atoms with E-state index in [1.54, 1.807) is 19.2 Å². The van der Waals surface area contributed by atoms with Crippen molar-refractivity contribution in [2.45, 2.75) is 49.2 Å². The maximum Gasteiger partial charge on any atom is 0.292 e. The van der Waals surface area contributed by atoms with Crippen LogP contribution in [0.3, 0.4) is 0 Å². The summed E-state index contributed by atoms with van der Waals surface area (Å²) in [5.74, 6) is -2.12. The number of carbonyl (C=O) groups excluding carboxylic acids is 2. The van der Waals surface area contributed by atoms with Gasteiger partial charge in [-0.3, -0.25) is 4.79 Å². The van der Waals surface area contributed by atoms with Crippen molar-refractivity contribution in [3.8, 4) is 0 Å². The van der Waals surface area contributed by atoms with Crippen molar-refractivity contribution in [3.63, 3.8) is 0 Å². The normalized spacial score (nSPS) is 37.8. The predicted molar refractivity (Wildman–Crippen MR) is 79.7 cm³/mol. The first-order valence-corrected chi connectivity index (χ1v) is 8.08. The van der Waals surface area contributed by atoms with E-state index in [4.69, 9.17) is 4.74 Å². The van der Waals surface area contributed by atoms with E-state index in [9.17, 15) is 35.1 Å². The van der Waals surface area contributed by atoms with E-state index >= 15 is 0 Å². The second-order valence-electron chi connectivity index (χ2n) is 6.54. The molecule has 0 aromatic carbocycles. The molecule has 1 aromatic heterocycles. The molecule has 10 nitrogen and oxygen atoms in total. The average molecular weight is 368 g/mol. The molecule has 2 saturated heterocycles. The minimum Gasteiger partial charge on any atom is -0.547 e. The number of likely N-dealkylation sites (tertiary alicyclic amines) is 1. The minimum atomic E-state index is -1.83. The fraction of sp³-hybridized carbons (Fsp3) is 0.562. The lowest BCUT2D eigenvalue weighted by molar-refractivity contribution is -0.777. The lowest BCUT2D eigenvalue weighted by Gasteiger charge is -2.37. The van der Waals surface area contributed by atoms with Gasteiger partial charge in [0.05, 0.1) is 12.0 Å². The summed E-state index contributed by atoms with van der Waals surface area (Å²) in [5.41, 5.74) is 0.626. The molecule has 0 aliphatic carbocycles. The Hall–Kier alpha value is -2.11. The zero-order valence-electron chi connectivity index (χ0n) is 13.9. The van der Waals surface area contributed by atoms with Gasteiger partial charge < -0.3 is 40.0 Å². The van der Waals surface area contributed by atoms with E-state index in [1.165, 1.54) is 21.9 Å². The van der Waals surface area contributed by atoms with Crippen LogP contribution in [0.1, 0.15) is 24.3 Å². The highest BCUT2D eigenvalue weighted by molar-refractivity contribution is 5.83. The monoisotopic (exact) mass is 368 g/mol. The van der Waals surface area contributed by atoms with E-state index in [1.807, 2.05) is 0 Å². The number of aliphatic hydroxyl groups excluding tert-OH is 4. The zero-order chi connectivity index (χ0) is 19.2. The van der Waals surface area contributed by atoms with E-state index in [2.05, 4.69) is 0 Å². The predicted octanol–water partition coefficient (Wildman–Crippen LogP) is -4.03. The van der Waals surface area contributed by atoms with E-state index in [0.717, 1.165) is 0 Å². The van der Waals surface area contributed by atoms with Crippen LogP contribution in [0.4, 0.5) is 0 Å². The number of pyridine rings is 1. The number of nitrogens with zero attached hydrogens (tertiary/aromatic N) is 2. The average Bonchev–Trinajstić information content (AvgIpc) is 2.87. The maximum atomic E-state index is 11.8. The van der Waals surface area contributed by atoms with Crippen molar-refractivity contribution < 1.29 is 44.4 Å². The number of hydrogen-bond donors (Lipinski definition) is 4. The molecule has 10 heteroatoms. The molecule has 2 aliphatic rings. The first-order chi connectivity index (χ1) is 12.2. The summed E-state index contributed by atoms with van der Waals surface area (Å²) in [4.78, 5) is 24.3. The summed E-state index contributed by atoms with van der Waals surface area (Å²) in [6.45, 7) is 0. The molecule has 0 bridgehead atoms. The Morgan fingerprint density at radius 3 is 2.54 bits per heavy atom. The van der Waals surface area contributed by atoms with Gasteiger partial charge in [-0.15, -0.1) is 0 Å². The van der Waals surface area contributed by atoms with Gasteiger partial charge in [0.1, 0.15) is 24.4 Å². The molecule has 2 fully saturated rings. The Bertz CT molecular complexity index is 713. The van der Waals surface area contributed by atoms with Crippen LogP contribution < -0.4 is 9.67 Å². The first-order valence-electron chi connectivity index (χ1n) is 8.08. The van der Waals surface area contributed by atoms with Gasteiger partial charge in [-0.2, -0.15) is 4.57 Å². The number of hydrogen-bond acceptors (Lipinski definition) is 8. The summed E-state index contributed by atoms with van der Waals surface area (Å²) in [7, 11) is 1.55. The van der Waals surface area contributed by atoms with Crippen LogP contribution in [0.15, 0.2) is 24.5 Å². The SMILES string of the molecule is CN1C(=O)[C@@H](O)CC1c1ccc[n+]([C@@H]2OC(C(=O)[O-])[C@@H](O)[C@@H](O)C2O)c1. The highest BCUT2D eigenvalue weighted by Gasteiger charge is 2.49. The van der Waals surface area contributed by atoms with E-state index in [-0.39, 0.29) is 6.42 Å². The van der Waals surface area contributed by atoms with Crippen molar-refractivity contribution in [2.75, 3.05) is 7.05 Å². The number of aromatic nitrogens is 1. The molecule has 3 rings (SSSR count). The Kier molecular flexibility index (Phi) is 4.95. The summed E-state index contributed by atoms with van der Waals surface area (Å²) < 4.78 is 6.57. The quantitative estimate of drug-likeness (QED) is 0.393. The Morgan fingerprint density at radius 2 is 1.96 bits per heavy atom. The third-order valence-corrected chi connectivity index (χ3v) is 4.89. The minimum absolute atomic E-state index is 0.191. The van der Waals surface area contributed by atoms with Gasteiger partial charge in [0.2, 0.25) is 0 Å². The largest absolute Gasteiger partial charge is 0.547 e. The number of likely N-dealkylation sites (N-methyl/N-ethyl adjacent to an activating group) is 1. The fourth-order valence-corrected chi connectivity index (χ4v) is 3.39. The number of aliphatic hydroxyl groups is 4. The molecule has 3 unspecified atom stereocenters. The fourth-order valence-electron chi connectivity index (χ4n) is 3.39. The van der Waals surface area contributed by atoms with Gasteiger partial charge >= 0.3 is 0 Å². The van der Waals surface area contributed by atoms with Crippen LogP contribution in [0.5, 0.6) is 0 Å². The number of rotatable bonds is 3. The molecular formula is C16H20N2O8. The number of ether oxygens (including phenoxy) is 1. The third kappa shape index (κ3) is 3.06. The summed E-state index contributed by atoms with van der Waals surface area (Å²) >= 11 is 0. The number of carboxylic acids is 1. The first kappa shape index (κ1) is 18.7. The summed E-state index contributed by atoms with van der Waals surface area (Å²) in [6.07, 6.45) is -6.16. The maximum absolute atomic E-state index is 11.8. The molecule has 4 N–H and O–H groups in total. The lowest BCUT2D eigenvalue weighted by Crippen LogP contribution is -2.65. The number of carboxylic acid groups (broad SMARTS) is 1. The molecule has 1 aromatic rings. The molecule has 7 atom stereocenters. The summed E-state index contributed by atoms with van der Waals surface area (Å²) in [6, 6.07) is 2.90. The number of aliphatic carboxylic acids is 1. The number of amides is 1. The molecule has 0 spiro atoms. The van der Waals surface area contributed by atoms with E-state index in [0.29, 0.717) is 5.56 Å². The van der Waals surface area contributed by atoms with Crippen molar-refractivity contribution in [1.29, 1.82) is 0 Å². The topological polar surface area (TPSA) is 154 Å².